The van der Waals surface area contributed by atoms with Crippen molar-refractivity contribution in [2.45, 2.75) is 13.5 Å². The maximum Gasteiger partial charge on any atom is 0.240 e. The summed E-state index contributed by atoms with van der Waals surface area (Å²) in [6.45, 7) is 2.43. The zero-order chi connectivity index (χ0) is 13.9. The lowest BCUT2D eigenvalue weighted by molar-refractivity contribution is 0.950. The van der Waals surface area contributed by atoms with E-state index in [0.29, 0.717) is 12.5 Å². The van der Waals surface area contributed by atoms with E-state index < -0.39 is 0 Å². The summed E-state index contributed by atoms with van der Waals surface area (Å²) in [5, 5.41) is 6.21. The van der Waals surface area contributed by atoms with Crippen LogP contribution in [-0.2, 0) is 6.54 Å². The van der Waals surface area contributed by atoms with E-state index in [1.807, 2.05) is 24.4 Å². The third-order valence-electron chi connectivity index (χ3n) is 2.72. The lowest BCUT2D eigenvalue weighted by atomic mass is 10.3. The molecule has 0 spiro atoms. The molecule has 3 heterocycles. The van der Waals surface area contributed by atoms with Crippen LogP contribution in [0, 0.1) is 6.92 Å². The highest BCUT2D eigenvalue weighted by atomic mass is 32.1. The first kappa shape index (κ1) is 12.7. The minimum atomic E-state index is 0.390. The van der Waals surface area contributed by atoms with Crippen molar-refractivity contribution >= 4 is 33.3 Å². The molecule has 0 bridgehead atoms. The van der Waals surface area contributed by atoms with Gasteiger partial charge in [-0.15, -0.1) is 11.3 Å². The van der Waals surface area contributed by atoms with Gasteiger partial charge < -0.3 is 5.32 Å². The average Bonchev–Trinajstić information content (AvgIpc) is 2.93. The van der Waals surface area contributed by atoms with Gasteiger partial charge in [-0.3, -0.25) is 5.43 Å². The van der Waals surface area contributed by atoms with Gasteiger partial charge in [0.15, 0.2) is 0 Å². The van der Waals surface area contributed by atoms with Gasteiger partial charge in [0.25, 0.3) is 0 Å². The molecule has 102 valence electrons. The van der Waals surface area contributed by atoms with E-state index in [2.05, 4.69) is 30.7 Å². The van der Waals surface area contributed by atoms with Crippen molar-refractivity contribution in [1.29, 1.82) is 0 Å². The van der Waals surface area contributed by atoms with Crippen LogP contribution in [0.1, 0.15) is 11.5 Å². The number of aryl methyl sites for hydroxylation is 1. The first-order chi connectivity index (χ1) is 9.76. The molecule has 0 unspecified atom stereocenters. The van der Waals surface area contributed by atoms with Crippen LogP contribution in [0.4, 0.5) is 11.8 Å². The minimum absolute atomic E-state index is 0.390. The Hall–Kier alpha value is -2.32. The van der Waals surface area contributed by atoms with Gasteiger partial charge in [0, 0.05) is 6.20 Å². The topological polar surface area (TPSA) is 102 Å². The molecular formula is C12H13N7S. The molecule has 0 atom stereocenters. The Balaban J connectivity index is 1.88. The number of anilines is 2. The van der Waals surface area contributed by atoms with Crippen LogP contribution in [0.15, 0.2) is 23.7 Å². The molecule has 7 nitrogen and oxygen atoms in total. The summed E-state index contributed by atoms with van der Waals surface area (Å²) in [4.78, 5) is 17.9. The summed E-state index contributed by atoms with van der Waals surface area (Å²) in [6, 6.07) is 3.85. The molecule has 0 aliphatic carbocycles. The predicted octanol–water partition coefficient (Wildman–Crippen LogP) is 1.69. The number of rotatable bonds is 4. The van der Waals surface area contributed by atoms with Gasteiger partial charge in [-0.2, -0.15) is 4.98 Å². The molecule has 0 aromatic carbocycles. The summed E-state index contributed by atoms with van der Waals surface area (Å²) in [5.41, 5.74) is 3.38. The van der Waals surface area contributed by atoms with Crippen molar-refractivity contribution in [2.24, 2.45) is 5.84 Å². The predicted molar refractivity (Wildman–Crippen MR) is 79.3 cm³/mol. The molecule has 0 amide bonds. The number of nitrogens with one attached hydrogen (secondary N) is 2. The standard InChI is InChI=1S/C12H13N7S/c1-7-14-4-2-8(16-7)6-15-10-9-3-5-20-11(9)18-12(17-10)19-13/h2-5H,6,13H2,1H3,(H2,15,17,18,19). The van der Waals surface area contributed by atoms with Gasteiger partial charge in [0.05, 0.1) is 17.6 Å². The summed E-state index contributed by atoms with van der Waals surface area (Å²) in [5.74, 6) is 7.26. The first-order valence-corrected chi connectivity index (χ1v) is 6.88. The number of hydrazine groups is 1. The first-order valence-electron chi connectivity index (χ1n) is 6.00. The number of aromatic nitrogens is 4. The number of thiophene rings is 1. The zero-order valence-electron chi connectivity index (χ0n) is 10.8. The quantitative estimate of drug-likeness (QED) is 0.495. The van der Waals surface area contributed by atoms with Gasteiger partial charge in [-0.25, -0.2) is 20.8 Å². The number of hydrogen-bond donors (Lipinski definition) is 3. The summed E-state index contributed by atoms with van der Waals surface area (Å²) < 4.78 is 0. The molecule has 20 heavy (non-hydrogen) atoms. The highest BCUT2D eigenvalue weighted by molar-refractivity contribution is 7.16. The Morgan fingerprint density at radius 1 is 1.25 bits per heavy atom. The van der Waals surface area contributed by atoms with E-state index >= 15 is 0 Å². The van der Waals surface area contributed by atoms with E-state index in [0.717, 1.165) is 27.6 Å². The minimum Gasteiger partial charge on any atom is -0.364 e. The second-order valence-corrected chi connectivity index (χ2v) is 5.02. The fraction of sp³-hybridized carbons (Fsp3) is 0.167. The lowest BCUT2D eigenvalue weighted by Gasteiger charge is -2.08. The second kappa shape index (κ2) is 5.35. The Morgan fingerprint density at radius 3 is 2.95 bits per heavy atom. The van der Waals surface area contributed by atoms with Crippen LogP contribution >= 0.6 is 11.3 Å². The van der Waals surface area contributed by atoms with Crippen LogP contribution < -0.4 is 16.6 Å². The fourth-order valence-corrected chi connectivity index (χ4v) is 2.60. The molecular weight excluding hydrogens is 274 g/mol. The largest absolute Gasteiger partial charge is 0.364 e. The molecule has 0 radical (unpaired) electrons. The number of nitrogens with two attached hydrogens (primary N) is 1. The van der Waals surface area contributed by atoms with Crippen LogP contribution in [-0.4, -0.2) is 19.9 Å². The van der Waals surface area contributed by atoms with Crippen molar-refractivity contribution in [3.63, 3.8) is 0 Å². The molecule has 0 saturated heterocycles. The SMILES string of the molecule is Cc1nccc(CNc2nc(NN)nc3sccc23)n1. The van der Waals surface area contributed by atoms with E-state index in [9.17, 15) is 0 Å². The number of hydrogen-bond acceptors (Lipinski definition) is 8. The Morgan fingerprint density at radius 2 is 2.15 bits per heavy atom. The van der Waals surface area contributed by atoms with E-state index in [1.54, 1.807) is 17.5 Å². The zero-order valence-corrected chi connectivity index (χ0v) is 11.6. The van der Waals surface area contributed by atoms with Crippen LogP contribution in [0.3, 0.4) is 0 Å². The van der Waals surface area contributed by atoms with Crippen LogP contribution in [0.5, 0.6) is 0 Å². The smallest absolute Gasteiger partial charge is 0.240 e. The van der Waals surface area contributed by atoms with Gasteiger partial charge in [-0.05, 0) is 24.4 Å². The fourth-order valence-electron chi connectivity index (χ4n) is 1.83. The summed E-state index contributed by atoms with van der Waals surface area (Å²) >= 11 is 1.54. The molecule has 8 heteroatoms. The molecule has 3 aromatic heterocycles. The normalized spacial score (nSPS) is 10.7. The summed E-state index contributed by atoms with van der Waals surface area (Å²) in [7, 11) is 0. The molecule has 3 aromatic rings. The highest BCUT2D eigenvalue weighted by Gasteiger charge is 2.08. The number of nitrogens with zero attached hydrogens (tertiary/aromatic N) is 4. The van der Waals surface area contributed by atoms with Crippen molar-refractivity contribution in [2.75, 3.05) is 10.7 Å². The second-order valence-electron chi connectivity index (χ2n) is 4.13. The maximum absolute atomic E-state index is 5.39. The van der Waals surface area contributed by atoms with E-state index in [-0.39, 0.29) is 0 Å². The Kier molecular flexibility index (Phi) is 3.40. The van der Waals surface area contributed by atoms with E-state index in [1.165, 1.54) is 0 Å². The lowest BCUT2D eigenvalue weighted by Crippen LogP contribution is -2.12. The average molecular weight is 287 g/mol. The molecule has 0 fully saturated rings. The highest BCUT2D eigenvalue weighted by Crippen LogP contribution is 2.26. The van der Waals surface area contributed by atoms with Crippen molar-refractivity contribution < 1.29 is 0 Å². The summed E-state index contributed by atoms with van der Waals surface area (Å²) in [6.07, 6.45) is 1.74. The third kappa shape index (κ3) is 2.51. The van der Waals surface area contributed by atoms with Crippen molar-refractivity contribution in [1.82, 2.24) is 19.9 Å². The number of fused-ring (bicyclic) bond motifs is 1. The Bertz CT molecular complexity index is 740. The maximum atomic E-state index is 5.39. The van der Waals surface area contributed by atoms with Crippen molar-refractivity contribution in [3.05, 3.63) is 35.2 Å². The third-order valence-corrected chi connectivity index (χ3v) is 3.53. The molecule has 0 aliphatic heterocycles. The van der Waals surface area contributed by atoms with E-state index in [4.69, 9.17) is 5.84 Å². The molecule has 4 N–H and O–H groups in total. The van der Waals surface area contributed by atoms with Gasteiger partial charge in [-0.1, -0.05) is 0 Å². The van der Waals surface area contributed by atoms with Gasteiger partial charge in [0.2, 0.25) is 5.95 Å². The van der Waals surface area contributed by atoms with Gasteiger partial charge in [0.1, 0.15) is 16.5 Å². The Labute approximate surface area is 119 Å². The molecule has 3 rings (SSSR count). The van der Waals surface area contributed by atoms with Crippen LogP contribution in [0.2, 0.25) is 0 Å². The number of nitrogen functional groups attached to an aromatic ring is 1. The monoisotopic (exact) mass is 287 g/mol. The molecule has 0 aliphatic rings. The van der Waals surface area contributed by atoms with Crippen molar-refractivity contribution in [3.8, 4) is 0 Å². The molecule has 0 saturated carbocycles. The van der Waals surface area contributed by atoms with Gasteiger partial charge >= 0.3 is 0 Å². The van der Waals surface area contributed by atoms with Crippen LogP contribution in [0.25, 0.3) is 10.2 Å².